The zero-order valence-corrected chi connectivity index (χ0v) is 22.4. The van der Waals surface area contributed by atoms with E-state index in [9.17, 15) is 4.79 Å². The minimum Gasteiger partial charge on any atom is -0.381 e. The molecule has 0 aliphatic rings. The Labute approximate surface area is 197 Å². The molecule has 5 nitrogen and oxygen atoms in total. The fourth-order valence-electron chi connectivity index (χ4n) is 3.62. The normalized spacial score (nSPS) is 11.8. The van der Waals surface area contributed by atoms with Crippen LogP contribution in [0.2, 0.25) is 0 Å². The summed E-state index contributed by atoms with van der Waals surface area (Å²) < 4.78 is 6.09. The topological polar surface area (TPSA) is 44.8 Å². The van der Waals surface area contributed by atoms with Gasteiger partial charge in [0, 0.05) is 18.7 Å². The molecule has 0 saturated heterocycles. The molecule has 6 heteroatoms. The van der Waals surface area contributed by atoms with E-state index < -0.39 is 0 Å². The Morgan fingerprint density at radius 2 is 1.32 bits per heavy atom. The lowest BCUT2D eigenvalue weighted by Gasteiger charge is -2.25. The lowest BCUT2D eigenvalue weighted by atomic mass is 9.83. The van der Waals surface area contributed by atoms with Gasteiger partial charge in [-0.3, -0.25) is 4.79 Å². The number of hydrogen-bond acceptors (Lipinski definition) is 6. The van der Waals surface area contributed by atoms with Crippen LogP contribution in [0.1, 0.15) is 80.2 Å². The maximum atomic E-state index is 11.8. The summed E-state index contributed by atoms with van der Waals surface area (Å²) >= 11 is 5.14. The van der Waals surface area contributed by atoms with Gasteiger partial charge in [-0.25, -0.2) is 0 Å². The van der Waals surface area contributed by atoms with Gasteiger partial charge in [0.1, 0.15) is 4.51 Å². The van der Waals surface area contributed by atoms with Crippen LogP contribution >= 0.6 is 12.2 Å². The molecule has 0 aliphatic carbocycles. The minimum absolute atomic E-state index is 0.0177. The van der Waals surface area contributed by atoms with Crippen molar-refractivity contribution in [3.05, 3.63) is 20.3 Å². The van der Waals surface area contributed by atoms with E-state index in [-0.39, 0.29) is 10.8 Å². The number of nitrogens with one attached hydrogen (secondary N) is 1. The second kappa shape index (κ2) is 16.8. The van der Waals surface area contributed by atoms with Crippen LogP contribution in [0.5, 0.6) is 0 Å². The molecule has 0 unspecified atom stereocenters. The van der Waals surface area contributed by atoms with E-state index in [2.05, 4.69) is 49.7 Å². The van der Waals surface area contributed by atoms with Crippen LogP contribution in [0.15, 0.2) is 4.79 Å². The molecule has 0 radical (unpaired) electrons. The highest BCUT2D eigenvalue weighted by Gasteiger charge is 2.27. The first-order valence-corrected chi connectivity index (χ1v) is 12.7. The lowest BCUT2D eigenvalue weighted by molar-refractivity contribution is 0.113. The summed E-state index contributed by atoms with van der Waals surface area (Å²) in [7, 11) is 0. The van der Waals surface area contributed by atoms with Crippen LogP contribution < -0.4 is 10.7 Å². The van der Waals surface area contributed by atoms with Crippen molar-refractivity contribution < 1.29 is 4.74 Å². The van der Waals surface area contributed by atoms with E-state index in [1.807, 2.05) is 20.8 Å². The van der Waals surface area contributed by atoms with Crippen molar-refractivity contribution in [3.8, 4) is 0 Å². The number of rotatable bonds is 15. The highest BCUT2D eigenvalue weighted by Crippen LogP contribution is 2.29. The second-order valence-corrected chi connectivity index (χ2v) is 9.47. The van der Waals surface area contributed by atoms with Crippen LogP contribution in [0.4, 0.5) is 5.69 Å². The molecule has 1 aromatic carbocycles. The van der Waals surface area contributed by atoms with E-state index in [1.54, 1.807) is 0 Å². The largest absolute Gasteiger partial charge is 0.381 e. The average molecular weight is 456 g/mol. The third kappa shape index (κ3) is 11.6. The Hall–Kier alpha value is -0.820. The number of hydrogen-bond donors (Lipinski definition) is 1. The maximum Gasteiger partial charge on any atom is 0.204 e. The first-order chi connectivity index (χ1) is 14.7. The Morgan fingerprint density at radius 3 is 1.74 bits per heavy atom. The van der Waals surface area contributed by atoms with Gasteiger partial charge in [0.25, 0.3) is 0 Å². The van der Waals surface area contributed by atoms with Gasteiger partial charge in [-0.1, -0.05) is 67.6 Å². The van der Waals surface area contributed by atoms with E-state index in [4.69, 9.17) is 17.0 Å². The quantitative estimate of drug-likeness (QED) is 0.288. The SMILES string of the molecule is CCCN(CC)CCC.CCCN(CC)CCOCCNc1c(C(C)(C)C)c(=O)c1=S. The van der Waals surface area contributed by atoms with E-state index in [0.29, 0.717) is 17.7 Å². The average Bonchev–Trinajstić information content (AvgIpc) is 2.73. The van der Waals surface area contributed by atoms with Crippen molar-refractivity contribution in [2.24, 2.45) is 0 Å². The van der Waals surface area contributed by atoms with Gasteiger partial charge in [0.15, 0.2) is 0 Å². The van der Waals surface area contributed by atoms with Gasteiger partial charge in [-0.2, -0.15) is 0 Å². The molecular formula is C25H49N3O2S. The van der Waals surface area contributed by atoms with Gasteiger partial charge in [-0.05, 0) is 57.4 Å². The van der Waals surface area contributed by atoms with Crippen molar-refractivity contribution >= 4 is 17.9 Å². The molecule has 31 heavy (non-hydrogen) atoms. The third-order valence-corrected chi connectivity index (χ3v) is 5.66. The second-order valence-electron chi connectivity index (χ2n) is 9.07. The van der Waals surface area contributed by atoms with Crippen molar-refractivity contribution in [2.45, 2.75) is 80.1 Å². The summed E-state index contributed by atoms with van der Waals surface area (Å²) in [6.07, 6.45) is 3.74. The Bertz CT molecular complexity index is 642. The third-order valence-electron chi connectivity index (χ3n) is 5.27. The first-order valence-electron chi connectivity index (χ1n) is 12.3. The van der Waals surface area contributed by atoms with Gasteiger partial charge in [0.2, 0.25) is 5.43 Å². The van der Waals surface area contributed by atoms with Crippen LogP contribution in [0.25, 0.3) is 0 Å². The molecule has 0 fully saturated rings. The Morgan fingerprint density at radius 1 is 0.839 bits per heavy atom. The number of likely N-dealkylation sites (N-methyl/N-ethyl adjacent to an activating group) is 1. The molecule has 0 saturated carbocycles. The summed E-state index contributed by atoms with van der Waals surface area (Å²) in [5, 5.41) is 3.26. The maximum absolute atomic E-state index is 11.8. The van der Waals surface area contributed by atoms with Gasteiger partial charge >= 0.3 is 0 Å². The summed E-state index contributed by atoms with van der Waals surface area (Å²) in [5.41, 5.74) is 1.52. The van der Waals surface area contributed by atoms with Crippen LogP contribution in [0, 0.1) is 4.51 Å². The van der Waals surface area contributed by atoms with Crippen LogP contribution in [0.3, 0.4) is 0 Å². The van der Waals surface area contributed by atoms with Crippen LogP contribution in [-0.2, 0) is 10.2 Å². The summed E-state index contributed by atoms with van der Waals surface area (Å²) in [5.74, 6) is 0. The molecule has 0 amide bonds. The monoisotopic (exact) mass is 455 g/mol. The Kier molecular flexibility index (Phi) is 16.3. The first kappa shape index (κ1) is 30.2. The molecule has 1 N–H and O–H groups in total. The zero-order chi connectivity index (χ0) is 23.9. The molecule has 0 spiro atoms. The van der Waals surface area contributed by atoms with E-state index >= 15 is 0 Å². The van der Waals surface area contributed by atoms with E-state index in [0.717, 1.165) is 37.5 Å². The highest BCUT2D eigenvalue weighted by atomic mass is 32.1. The molecule has 0 atom stereocenters. The van der Waals surface area contributed by atoms with Gasteiger partial charge in [-0.15, -0.1) is 0 Å². The molecule has 0 heterocycles. The van der Waals surface area contributed by atoms with Gasteiger partial charge < -0.3 is 19.9 Å². The lowest BCUT2D eigenvalue weighted by Crippen LogP contribution is -2.32. The van der Waals surface area contributed by atoms with Crippen LogP contribution in [-0.4, -0.2) is 68.8 Å². The van der Waals surface area contributed by atoms with Gasteiger partial charge in [0.05, 0.1) is 18.9 Å². The summed E-state index contributed by atoms with van der Waals surface area (Å²) in [6.45, 7) is 26.1. The van der Waals surface area contributed by atoms with E-state index in [1.165, 1.54) is 38.9 Å². The highest BCUT2D eigenvalue weighted by molar-refractivity contribution is 7.71. The number of anilines is 1. The zero-order valence-electron chi connectivity index (χ0n) is 21.6. The fourth-order valence-corrected chi connectivity index (χ4v) is 3.90. The number of nitrogens with zero attached hydrogens (tertiary/aromatic N) is 2. The summed E-state index contributed by atoms with van der Waals surface area (Å²) in [4.78, 5) is 16.7. The predicted molar refractivity (Wildman–Crippen MR) is 139 cm³/mol. The Balaban J connectivity index is 0.000000842. The number of ether oxygens (including phenoxy) is 1. The molecule has 0 aliphatic heterocycles. The fraction of sp³-hybridized carbons (Fsp3) is 0.840. The molecule has 182 valence electrons. The predicted octanol–water partition coefficient (Wildman–Crippen LogP) is 5.24. The van der Waals surface area contributed by atoms with Crippen molar-refractivity contribution in [1.82, 2.24) is 9.80 Å². The molecule has 0 bridgehead atoms. The smallest absolute Gasteiger partial charge is 0.204 e. The molecule has 0 aromatic heterocycles. The molecule has 1 rings (SSSR count). The summed E-state index contributed by atoms with van der Waals surface area (Å²) in [6, 6.07) is 0. The van der Waals surface area contributed by atoms with Crippen molar-refractivity contribution in [2.75, 3.05) is 64.3 Å². The standard InChI is InChI=1S/C17H30N2O2S.C8H19N/c1-6-9-19(7-2)10-12-21-11-8-18-14-13(17(3,4)5)15(20)16(14)22;1-4-7-9(6-3)8-5-2/h18H,6-12H2,1-5H3;4-8H2,1-3H3. The minimum atomic E-state index is -0.162. The van der Waals surface area contributed by atoms with Crippen molar-refractivity contribution in [1.29, 1.82) is 0 Å². The van der Waals surface area contributed by atoms with Crippen molar-refractivity contribution in [3.63, 3.8) is 0 Å². The molecular weight excluding hydrogens is 406 g/mol. The molecule has 1 aromatic rings.